The Balaban J connectivity index is 2.00. The van der Waals surface area contributed by atoms with Crippen molar-refractivity contribution in [3.8, 4) is 0 Å². The molecule has 1 aliphatic carbocycles. The van der Waals surface area contributed by atoms with Gasteiger partial charge in [0.1, 0.15) is 0 Å². The zero-order valence-electron chi connectivity index (χ0n) is 11.5. The fourth-order valence-electron chi connectivity index (χ4n) is 2.71. The molecule has 0 aromatic carbocycles. The minimum atomic E-state index is 0.266. The maximum Gasteiger partial charge on any atom is 0.220 e. The molecule has 0 bridgehead atoms. The van der Waals surface area contributed by atoms with Crippen LogP contribution < -0.4 is 5.32 Å². The number of hydrogen-bond donors (Lipinski definition) is 1. The van der Waals surface area contributed by atoms with E-state index in [1.165, 1.54) is 0 Å². The van der Waals surface area contributed by atoms with Crippen molar-refractivity contribution >= 4 is 0 Å². The van der Waals surface area contributed by atoms with E-state index >= 15 is 0 Å². The van der Waals surface area contributed by atoms with Gasteiger partial charge in [0, 0.05) is 12.3 Å². The Labute approximate surface area is 103 Å². The van der Waals surface area contributed by atoms with Gasteiger partial charge in [-0.1, -0.05) is 27.7 Å². The maximum atomic E-state index is 5.78. The first kappa shape index (κ1) is 12.6. The van der Waals surface area contributed by atoms with Gasteiger partial charge in [0.2, 0.25) is 11.8 Å². The van der Waals surface area contributed by atoms with Gasteiger partial charge in [-0.25, -0.2) is 0 Å². The summed E-state index contributed by atoms with van der Waals surface area (Å²) in [7, 11) is 1.95. The summed E-state index contributed by atoms with van der Waals surface area (Å²) in [5.41, 5.74) is 0.531. The van der Waals surface area contributed by atoms with Gasteiger partial charge < -0.3 is 9.73 Å². The van der Waals surface area contributed by atoms with Gasteiger partial charge in [-0.15, -0.1) is 10.2 Å². The molecule has 0 radical (unpaired) electrons. The second kappa shape index (κ2) is 4.09. The van der Waals surface area contributed by atoms with Crippen molar-refractivity contribution in [2.45, 2.75) is 46.5 Å². The largest absolute Gasteiger partial charge is 0.425 e. The van der Waals surface area contributed by atoms with E-state index in [4.69, 9.17) is 4.42 Å². The smallest absolute Gasteiger partial charge is 0.220 e. The van der Waals surface area contributed by atoms with Crippen molar-refractivity contribution < 1.29 is 4.42 Å². The molecule has 0 amide bonds. The Bertz CT molecular complexity index is 381. The Morgan fingerprint density at radius 2 is 1.82 bits per heavy atom. The van der Waals surface area contributed by atoms with E-state index in [0.29, 0.717) is 5.92 Å². The lowest BCUT2D eigenvalue weighted by molar-refractivity contribution is 0.426. The third-order valence-corrected chi connectivity index (χ3v) is 4.57. The number of hydrogen-bond acceptors (Lipinski definition) is 4. The standard InChI is InChI=1S/C13H23N3O/c1-12(2)10(13(12,3)4)11-16-15-9(17-11)7-6-8-14-5/h10,14H,6-8H2,1-5H3. The lowest BCUT2D eigenvalue weighted by Gasteiger charge is -2.03. The van der Waals surface area contributed by atoms with Crippen LogP contribution in [-0.4, -0.2) is 23.8 Å². The van der Waals surface area contributed by atoms with E-state index in [1.54, 1.807) is 0 Å². The molecule has 1 aliphatic rings. The highest BCUT2D eigenvalue weighted by atomic mass is 16.4. The molecule has 1 saturated carbocycles. The fourth-order valence-corrected chi connectivity index (χ4v) is 2.71. The van der Waals surface area contributed by atoms with Crippen LogP contribution in [0.15, 0.2) is 4.42 Å². The second-order valence-corrected chi connectivity index (χ2v) is 6.12. The van der Waals surface area contributed by atoms with Crippen LogP contribution in [0.4, 0.5) is 0 Å². The summed E-state index contributed by atoms with van der Waals surface area (Å²) in [6.45, 7) is 10.0. The summed E-state index contributed by atoms with van der Waals surface area (Å²) in [4.78, 5) is 0. The summed E-state index contributed by atoms with van der Waals surface area (Å²) in [6.07, 6.45) is 1.90. The molecule has 0 aliphatic heterocycles. The quantitative estimate of drug-likeness (QED) is 0.799. The Hall–Kier alpha value is -0.900. The summed E-state index contributed by atoms with van der Waals surface area (Å²) >= 11 is 0. The van der Waals surface area contributed by atoms with Gasteiger partial charge >= 0.3 is 0 Å². The first-order valence-corrected chi connectivity index (χ1v) is 6.38. The molecule has 96 valence electrons. The van der Waals surface area contributed by atoms with Crippen molar-refractivity contribution in [2.75, 3.05) is 13.6 Å². The van der Waals surface area contributed by atoms with Crippen LogP contribution in [0, 0.1) is 10.8 Å². The normalized spacial score (nSPS) is 21.7. The first-order valence-electron chi connectivity index (χ1n) is 6.38. The van der Waals surface area contributed by atoms with Crippen LogP contribution >= 0.6 is 0 Å². The van der Waals surface area contributed by atoms with Crippen LogP contribution in [0.5, 0.6) is 0 Å². The highest BCUT2D eigenvalue weighted by Gasteiger charge is 2.67. The lowest BCUT2D eigenvalue weighted by Crippen LogP contribution is -2.08. The van der Waals surface area contributed by atoms with Crippen LogP contribution in [0.2, 0.25) is 0 Å². The number of nitrogens with zero attached hydrogens (tertiary/aromatic N) is 2. The van der Waals surface area contributed by atoms with Crippen LogP contribution in [0.25, 0.3) is 0 Å². The zero-order valence-corrected chi connectivity index (χ0v) is 11.5. The molecule has 1 aromatic rings. The number of nitrogens with one attached hydrogen (secondary N) is 1. The Morgan fingerprint density at radius 3 is 2.35 bits per heavy atom. The highest BCUT2D eigenvalue weighted by Crippen LogP contribution is 2.73. The molecule has 0 unspecified atom stereocenters. The maximum absolute atomic E-state index is 5.78. The zero-order chi connectivity index (χ0) is 12.7. The van der Waals surface area contributed by atoms with E-state index in [1.807, 2.05) is 7.05 Å². The third-order valence-electron chi connectivity index (χ3n) is 4.57. The molecule has 0 atom stereocenters. The van der Waals surface area contributed by atoms with Crippen molar-refractivity contribution in [2.24, 2.45) is 10.8 Å². The van der Waals surface area contributed by atoms with Crippen molar-refractivity contribution in [3.05, 3.63) is 11.8 Å². The number of aromatic nitrogens is 2. The van der Waals surface area contributed by atoms with Crippen molar-refractivity contribution in [3.63, 3.8) is 0 Å². The van der Waals surface area contributed by atoms with Crippen LogP contribution in [0.1, 0.15) is 51.8 Å². The molecule has 0 spiro atoms. The molecule has 17 heavy (non-hydrogen) atoms. The van der Waals surface area contributed by atoms with Crippen molar-refractivity contribution in [1.82, 2.24) is 15.5 Å². The van der Waals surface area contributed by atoms with Crippen molar-refractivity contribution in [1.29, 1.82) is 0 Å². The lowest BCUT2D eigenvalue weighted by atomic mass is 10.0. The van der Waals surface area contributed by atoms with Crippen LogP contribution in [0.3, 0.4) is 0 Å². The molecule has 1 aromatic heterocycles. The topological polar surface area (TPSA) is 51.0 Å². The fraction of sp³-hybridized carbons (Fsp3) is 0.846. The number of aryl methyl sites for hydroxylation is 1. The first-order chi connectivity index (χ1) is 7.91. The summed E-state index contributed by atoms with van der Waals surface area (Å²) in [6, 6.07) is 0. The van der Waals surface area contributed by atoms with Gasteiger partial charge in [-0.05, 0) is 30.8 Å². The molecular weight excluding hydrogens is 214 g/mol. The summed E-state index contributed by atoms with van der Waals surface area (Å²) in [5.74, 6) is 1.99. The molecular formula is C13H23N3O. The van der Waals surface area contributed by atoms with E-state index in [9.17, 15) is 0 Å². The van der Waals surface area contributed by atoms with E-state index in [2.05, 4.69) is 43.2 Å². The van der Waals surface area contributed by atoms with E-state index in [0.717, 1.165) is 31.2 Å². The minimum absolute atomic E-state index is 0.266. The molecule has 1 N–H and O–H groups in total. The molecule has 4 heteroatoms. The van der Waals surface area contributed by atoms with Gasteiger partial charge in [0.15, 0.2) is 0 Å². The van der Waals surface area contributed by atoms with Gasteiger partial charge in [0.25, 0.3) is 0 Å². The van der Waals surface area contributed by atoms with Crippen LogP contribution in [-0.2, 0) is 6.42 Å². The van der Waals surface area contributed by atoms with E-state index < -0.39 is 0 Å². The van der Waals surface area contributed by atoms with Gasteiger partial charge in [0.05, 0.1) is 0 Å². The Kier molecular flexibility index (Phi) is 3.02. The molecule has 4 nitrogen and oxygen atoms in total. The van der Waals surface area contributed by atoms with Gasteiger partial charge in [-0.3, -0.25) is 0 Å². The number of rotatable bonds is 5. The van der Waals surface area contributed by atoms with E-state index in [-0.39, 0.29) is 10.8 Å². The molecule has 1 fully saturated rings. The SMILES string of the molecule is CNCCCc1nnc(C2C(C)(C)C2(C)C)o1. The predicted octanol–water partition coefficient (Wildman–Crippen LogP) is 2.37. The Morgan fingerprint density at radius 1 is 1.18 bits per heavy atom. The summed E-state index contributed by atoms with van der Waals surface area (Å²) in [5, 5.41) is 11.5. The van der Waals surface area contributed by atoms with Gasteiger partial charge in [-0.2, -0.15) is 0 Å². The average Bonchev–Trinajstić information content (AvgIpc) is 2.60. The third kappa shape index (κ3) is 1.99. The predicted molar refractivity (Wildman–Crippen MR) is 66.8 cm³/mol. The molecule has 0 saturated heterocycles. The minimum Gasteiger partial charge on any atom is -0.425 e. The average molecular weight is 237 g/mol. The molecule has 1 heterocycles. The molecule has 2 rings (SSSR count). The second-order valence-electron chi connectivity index (χ2n) is 6.12. The monoisotopic (exact) mass is 237 g/mol. The highest BCUT2D eigenvalue weighted by molar-refractivity contribution is 5.24. The summed E-state index contributed by atoms with van der Waals surface area (Å²) < 4.78 is 5.78.